The maximum atomic E-state index is 14.6. The molecule has 1 unspecified atom stereocenters. The number of aryl methyl sites for hydroxylation is 1. The Morgan fingerprint density at radius 3 is 2.30 bits per heavy atom. The molecular weight excluding hydrogens is 568 g/mol. The molecule has 1 aliphatic rings. The van der Waals surface area contributed by atoms with Crippen LogP contribution in [0.25, 0.3) is 10.9 Å². The summed E-state index contributed by atoms with van der Waals surface area (Å²) in [5, 5.41) is 1.77. The summed E-state index contributed by atoms with van der Waals surface area (Å²) in [6, 6.07) is 32.6. The average molecular weight is 597 g/mol. The third-order valence-electron chi connectivity index (χ3n) is 8.56. The minimum absolute atomic E-state index is 0.198. The van der Waals surface area contributed by atoms with Gasteiger partial charge in [-0.05, 0) is 89.7 Å². The predicted octanol–water partition coefficient (Wildman–Crippen LogP) is 8.19. The zero-order valence-electron chi connectivity index (χ0n) is 24.2. The average Bonchev–Trinajstić information content (AvgIpc) is 3.47. The number of fused-ring (bicyclic) bond motifs is 2. The summed E-state index contributed by atoms with van der Waals surface area (Å²) in [6.07, 6.45) is 5.73. The summed E-state index contributed by atoms with van der Waals surface area (Å²) in [5.41, 5.74) is 5.15. The van der Waals surface area contributed by atoms with Crippen molar-refractivity contribution in [2.45, 2.75) is 31.9 Å². The van der Waals surface area contributed by atoms with Crippen molar-refractivity contribution in [3.8, 4) is 5.75 Å². The van der Waals surface area contributed by atoms with Crippen molar-refractivity contribution >= 4 is 34.1 Å². The van der Waals surface area contributed by atoms with Crippen LogP contribution in [0.3, 0.4) is 0 Å². The number of Topliss-reactive ketones (excluding diaryl/α,β-unsaturated/α-hetero) is 2. The quantitative estimate of drug-likeness (QED) is 0.166. The number of pyridine rings is 1. The van der Waals surface area contributed by atoms with Crippen LogP contribution in [0.2, 0.25) is 5.02 Å². The fraction of sp³-hybridized carbons (Fsp3) is 0.132. The van der Waals surface area contributed by atoms with E-state index in [4.69, 9.17) is 16.3 Å². The molecule has 0 aliphatic heterocycles. The van der Waals surface area contributed by atoms with Crippen molar-refractivity contribution in [2.75, 3.05) is 0 Å². The highest BCUT2D eigenvalue weighted by Gasteiger charge is 2.54. The van der Waals surface area contributed by atoms with Gasteiger partial charge in [0.2, 0.25) is 0 Å². The van der Waals surface area contributed by atoms with Crippen LogP contribution in [0.15, 0.2) is 122 Å². The third kappa shape index (κ3) is 4.89. The van der Waals surface area contributed by atoms with E-state index in [0.29, 0.717) is 40.6 Å². The lowest BCUT2D eigenvalue weighted by molar-refractivity contribution is 0.0793. The van der Waals surface area contributed by atoms with Gasteiger partial charge in [0.15, 0.2) is 11.6 Å². The standard InChI is InChI=1S/C38H29ClN2O3/c1-25-22-41(23-27-7-10-30(39)11-8-27)35-19-29(9-13-32(25)35)38(21-26-15-17-40-18-16-26)36(42)33-14-12-31(20-34(33)37(38)43)44-24-28-5-3-2-4-6-28/h2-20,22H,21,23-24H2,1H3. The van der Waals surface area contributed by atoms with E-state index in [1.807, 2.05) is 84.9 Å². The molecule has 216 valence electrons. The number of rotatable bonds is 8. The molecule has 0 amide bonds. The molecule has 1 aliphatic carbocycles. The van der Waals surface area contributed by atoms with Gasteiger partial charge >= 0.3 is 0 Å². The fourth-order valence-corrected chi connectivity index (χ4v) is 6.42. The first kappa shape index (κ1) is 27.8. The maximum absolute atomic E-state index is 14.6. The molecule has 6 aromatic rings. The largest absolute Gasteiger partial charge is 0.489 e. The van der Waals surface area contributed by atoms with Gasteiger partial charge in [0.05, 0.1) is 0 Å². The SMILES string of the molecule is Cc1cn(Cc2ccc(Cl)cc2)c2cc(C3(Cc4ccncc4)C(=O)c4ccc(OCc5ccccc5)cc4C3=O)ccc12. The third-order valence-corrected chi connectivity index (χ3v) is 8.81. The topological polar surface area (TPSA) is 61.2 Å². The van der Waals surface area contributed by atoms with Crippen LogP contribution in [0.4, 0.5) is 0 Å². The molecule has 7 rings (SSSR count). The summed E-state index contributed by atoms with van der Waals surface area (Å²) in [7, 11) is 0. The predicted molar refractivity (Wildman–Crippen MR) is 173 cm³/mol. The minimum Gasteiger partial charge on any atom is -0.489 e. The Morgan fingerprint density at radius 1 is 0.773 bits per heavy atom. The molecule has 2 heterocycles. The normalized spacial score (nSPS) is 16.0. The van der Waals surface area contributed by atoms with Crippen LogP contribution >= 0.6 is 11.6 Å². The van der Waals surface area contributed by atoms with Gasteiger partial charge in [-0.1, -0.05) is 66.2 Å². The first-order valence-corrected chi connectivity index (χ1v) is 14.9. The molecule has 0 saturated heterocycles. The van der Waals surface area contributed by atoms with Crippen LogP contribution in [-0.4, -0.2) is 21.1 Å². The Kier molecular flexibility index (Phi) is 7.11. The molecule has 2 aromatic heterocycles. The van der Waals surface area contributed by atoms with Crippen LogP contribution in [-0.2, 0) is 25.0 Å². The van der Waals surface area contributed by atoms with Gasteiger partial charge in [-0.15, -0.1) is 0 Å². The van der Waals surface area contributed by atoms with E-state index in [-0.39, 0.29) is 18.0 Å². The molecule has 0 N–H and O–H groups in total. The monoisotopic (exact) mass is 596 g/mol. The van der Waals surface area contributed by atoms with Gasteiger partial charge in [0.25, 0.3) is 0 Å². The van der Waals surface area contributed by atoms with Crippen molar-refractivity contribution in [1.29, 1.82) is 0 Å². The number of ether oxygens (including phenoxy) is 1. The summed E-state index contributed by atoms with van der Waals surface area (Å²) in [4.78, 5) is 33.2. The molecule has 1 atom stereocenters. The number of halogens is 1. The molecule has 4 aromatic carbocycles. The smallest absolute Gasteiger partial charge is 0.182 e. The molecule has 0 bridgehead atoms. The summed E-state index contributed by atoms with van der Waals surface area (Å²) in [6.45, 7) is 3.07. The number of hydrogen-bond donors (Lipinski definition) is 0. The number of nitrogens with zero attached hydrogens (tertiary/aromatic N) is 2. The van der Waals surface area contributed by atoms with Crippen molar-refractivity contribution < 1.29 is 14.3 Å². The van der Waals surface area contributed by atoms with Gasteiger partial charge in [-0.25, -0.2) is 0 Å². The molecule has 0 radical (unpaired) electrons. The van der Waals surface area contributed by atoms with Crippen molar-refractivity contribution in [2.24, 2.45) is 0 Å². The van der Waals surface area contributed by atoms with Crippen LogP contribution in [0, 0.1) is 6.92 Å². The summed E-state index contributed by atoms with van der Waals surface area (Å²) < 4.78 is 8.22. The van der Waals surface area contributed by atoms with Crippen molar-refractivity contribution in [3.63, 3.8) is 0 Å². The van der Waals surface area contributed by atoms with E-state index in [1.54, 1.807) is 30.6 Å². The van der Waals surface area contributed by atoms with E-state index < -0.39 is 5.41 Å². The molecule has 5 nitrogen and oxygen atoms in total. The zero-order chi connectivity index (χ0) is 30.3. The second-order valence-electron chi connectivity index (χ2n) is 11.4. The molecule has 0 spiro atoms. The van der Waals surface area contributed by atoms with Gasteiger partial charge in [0, 0.05) is 52.2 Å². The Morgan fingerprint density at radius 2 is 1.52 bits per heavy atom. The first-order chi connectivity index (χ1) is 21.4. The maximum Gasteiger partial charge on any atom is 0.182 e. The lowest BCUT2D eigenvalue weighted by atomic mass is 9.71. The number of carbonyl (C=O) groups is 2. The van der Waals surface area contributed by atoms with Crippen LogP contribution in [0.1, 0.15) is 48.5 Å². The highest BCUT2D eigenvalue weighted by Crippen LogP contribution is 2.44. The summed E-state index contributed by atoms with van der Waals surface area (Å²) in [5.74, 6) is 0.138. The highest BCUT2D eigenvalue weighted by atomic mass is 35.5. The number of ketones is 2. The van der Waals surface area contributed by atoms with Crippen molar-refractivity contribution in [3.05, 3.63) is 166 Å². The second-order valence-corrected chi connectivity index (χ2v) is 11.8. The van der Waals surface area contributed by atoms with Gasteiger partial charge < -0.3 is 9.30 Å². The first-order valence-electron chi connectivity index (χ1n) is 14.6. The Hall–Kier alpha value is -5.00. The molecule has 0 fully saturated rings. The number of aromatic nitrogens is 2. The van der Waals surface area contributed by atoms with Gasteiger partial charge in [-0.3, -0.25) is 14.6 Å². The van der Waals surface area contributed by atoms with E-state index in [9.17, 15) is 9.59 Å². The van der Waals surface area contributed by atoms with Gasteiger partial charge in [0.1, 0.15) is 17.8 Å². The van der Waals surface area contributed by atoms with Crippen molar-refractivity contribution in [1.82, 2.24) is 9.55 Å². The fourth-order valence-electron chi connectivity index (χ4n) is 6.29. The molecule has 0 saturated carbocycles. The van der Waals surface area contributed by atoms with Crippen LogP contribution < -0.4 is 4.74 Å². The second kappa shape index (κ2) is 11.3. The highest BCUT2D eigenvalue weighted by molar-refractivity contribution is 6.33. The van der Waals surface area contributed by atoms with Crippen LogP contribution in [0.5, 0.6) is 5.75 Å². The molecule has 6 heteroatoms. The lowest BCUT2D eigenvalue weighted by Crippen LogP contribution is -2.40. The minimum atomic E-state index is -1.42. The molecular formula is C38H29ClN2O3. The number of benzene rings is 4. The van der Waals surface area contributed by atoms with E-state index in [1.165, 1.54) is 0 Å². The van der Waals surface area contributed by atoms with Gasteiger partial charge in [-0.2, -0.15) is 0 Å². The number of hydrogen-bond acceptors (Lipinski definition) is 4. The molecule has 44 heavy (non-hydrogen) atoms. The summed E-state index contributed by atoms with van der Waals surface area (Å²) >= 11 is 6.13. The van der Waals surface area contributed by atoms with E-state index in [2.05, 4.69) is 22.7 Å². The Bertz CT molecular complexity index is 2020. The lowest BCUT2D eigenvalue weighted by Gasteiger charge is -2.27. The zero-order valence-corrected chi connectivity index (χ0v) is 24.9. The van der Waals surface area contributed by atoms with E-state index in [0.717, 1.165) is 33.2 Å². The Balaban J connectivity index is 1.32. The Labute approximate surface area is 260 Å². The number of carbonyl (C=O) groups excluding carboxylic acids is 2. The van der Waals surface area contributed by atoms with E-state index >= 15 is 0 Å².